The summed E-state index contributed by atoms with van der Waals surface area (Å²) >= 11 is 0. The van der Waals surface area contributed by atoms with Crippen LogP contribution in [0.25, 0.3) is 0 Å². The lowest BCUT2D eigenvalue weighted by Crippen LogP contribution is -2.15. The van der Waals surface area contributed by atoms with E-state index >= 15 is 0 Å². The maximum atomic E-state index is 5.70. The summed E-state index contributed by atoms with van der Waals surface area (Å²) in [5.74, 6) is 1.27. The van der Waals surface area contributed by atoms with Crippen LogP contribution in [0.4, 0.5) is 0 Å². The zero-order chi connectivity index (χ0) is 10.7. The fourth-order valence-electron chi connectivity index (χ4n) is 1.82. The topological polar surface area (TPSA) is 61.0 Å². The number of aromatic nitrogens is 2. The van der Waals surface area contributed by atoms with Crippen LogP contribution in [0.15, 0.2) is 12.4 Å². The molecule has 0 aliphatic carbocycles. The van der Waals surface area contributed by atoms with E-state index in [1.54, 1.807) is 0 Å². The first-order chi connectivity index (χ1) is 7.27. The molecule has 4 nitrogen and oxygen atoms in total. The Hall–Kier alpha value is -1.00. The van der Waals surface area contributed by atoms with E-state index in [2.05, 4.69) is 9.97 Å². The summed E-state index contributed by atoms with van der Waals surface area (Å²) in [5.41, 5.74) is 6.91. The number of ether oxygens (including phenoxy) is 1. The third kappa shape index (κ3) is 2.52. The van der Waals surface area contributed by atoms with E-state index in [-0.39, 0.29) is 6.04 Å². The van der Waals surface area contributed by atoms with Crippen molar-refractivity contribution in [1.82, 2.24) is 9.97 Å². The maximum Gasteiger partial charge on any atom is 0.144 e. The van der Waals surface area contributed by atoms with Gasteiger partial charge in [0, 0.05) is 25.6 Å². The number of hydrogen-bond acceptors (Lipinski definition) is 4. The molecule has 82 valence electrons. The highest BCUT2D eigenvalue weighted by atomic mass is 16.5. The Kier molecular flexibility index (Phi) is 3.28. The van der Waals surface area contributed by atoms with Crippen LogP contribution >= 0.6 is 0 Å². The zero-order valence-corrected chi connectivity index (χ0v) is 9.02. The Morgan fingerprint density at radius 1 is 1.33 bits per heavy atom. The molecule has 1 aromatic rings. The molecule has 4 heteroatoms. The van der Waals surface area contributed by atoms with Crippen LogP contribution < -0.4 is 5.73 Å². The Morgan fingerprint density at radius 2 is 1.93 bits per heavy atom. The average Bonchev–Trinajstić information content (AvgIpc) is 2.30. The Balaban J connectivity index is 2.08. The van der Waals surface area contributed by atoms with Crippen molar-refractivity contribution in [3.8, 4) is 0 Å². The molecule has 0 bridgehead atoms. The van der Waals surface area contributed by atoms with E-state index in [0.29, 0.717) is 11.7 Å². The number of hydrogen-bond donors (Lipinski definition) is 1. The monoisotopic (exact) mass is 207 g/mol. The first kappa shape index (κ1) is 10.5. The molecule has 1 fully saturated rings. The number of nitrogens with zero attached hydrogens (tertiary/aromatic N) is 2. The second kappa shape index (κ2) is 4.68. The van der Waals surface area contributed by atoms with Crippen LogP contribution in [0.3, 0.4) is 0 Å². The third-order valence-electron chi connectivity index (χ3n) is 2.79. The molecule has 2 rings (SSSR count). The molecule has 0 saturated carbocycles. The Morgan fingerprint density at radius 3 is 2.47 bits per heavy atom. The number of nitrogens with two attached hydrogens (primary N) is 1. The van der Waals surface area contributed by atoms with Crippen LogP contribution in [0, 0.1) is 0 Å². The van der Waals surface area contributed by atoms with Crippen molar-refractivity contribution >= 4 is 0 Å². The van der Waals surface area contributed by atoms with Gasteiger partial charge in [0.15, 0.2) is 0 Å². The van der Waals surface area contributed by atoms with Gasteiger partial charge in [0.05, 0.1) is 6.04 Å². The molecule has 0 aromatic carbocycles. The SMILES string of the molecule is CC(N)c1ncc(C2CCOCC2)cn1. The number of rotatable bonds is 2. The molecule has 1 aromatic heterocycles. The van der Waals surface area contributed by atoms with Gasteiger partial charge in [-0.25, -0.2) is 9.97 Å². The van der Waals surface area contributed by atoms with Gasteiger partial charge in [0.1, 0.15) is 5.82 Å². The van der Waals surface area contributed by atoms with Crippen LogP contribution in [-0.4, -0.2) is 23.2 Å². The van der Waals surface area contributed by atoms with E-state index < -0.39 is 0 Å². The molecular formula is C11H17N3O. The van der Waals surface area contributed by atoms with Gasteiger partial charge in [-0.1, -0.05) is 0 Å². The van der Waals surface area contributed by atoms with Crippen LogP contribution in [0.5, 0.6) is 0 Å². The summed E-state index contributed by atoms with van der Waals surface area (Å²) < 4.78 is 5.32. The lowest BCUT2D eigenvalue weighted by Gasteiger charge is -2.21. The predicted molar refractivity (Wildman–Crippen MR) is 57.4 cm³/mol. The van der Waals surface area contributed by atoms with E-state index in [4.69, 9.17) is 10.5 Å². The minimum absolute atomic E-state index is 0.0891. The van der Waals surface area contributed by atoms with E-state index in [1.165, 1.54) is 5.56 Å². The summed E-state index contributed by atoms with van der Waals surface area (Å²) in [6, 6.07) is -0.0891. The minimum atomic E-state index is -0.0891. The van der Waals surface area contributed by atoms with Crippen molar-refractivity contribution in [2.24, 2.45) is 5.73 Å². The first-order valence-electron chi connectivity index (χ1n) is 5.42. The van der Waals surface area contributed by atoms with Gasteiger partial charge >= 0.3 is 0 Å². The molecule has 0 spiro atoms. The summed E-state index contributed by atoms with van der Waals surface area (Å²) in [4.78, 5) is 8.55. The molecule has 1 aliphatic heterocycles. The Bertz CT molecular complexity index is 304. The van der Waals surface area contributed by atoms with Crippen molar-refractivity contribution < 1.29 is 4.74 Å². The van der Waals surface area contributed by atoms with Gasteiger partial charge in [-0.15, -0.1) is 0 Å². The molecule has 1 saturated heterocycles. The van der Waals surface area contributed by atoms with Gasteiger partial charge in [-0.3, -0.25) is 0 Å². The van der Waals surface area contributed by atoms with Crippen LogP contribution in [0.2, 0.25) is 0 Å². The van der Waals surface area contributed by atoms with Crippen molar-refractivity contribution in [3.63, 3.8) is 0 Å². The molecule has 1 atom stereocenters. The van der Waals surface area contributed by atoms with Gasteiger partial charge in [-0.2, -0.15) is 0 Å². The fourth-order valence-corrected chi connectivity index (χ4v) is 1.82. The third-order valence-corrected chi connectivity index (χ3v) is 2.79. The van der Waals surface area contributed by atoms with Gasteiger partial charge in [0.2, 0.25) is 0 Å². The largest absolute Gasteiger partial charge is 0.381 e. The summed E-state index contributed by atoms with van der Waals surface area (Å²) in [6.07, 6.45) is 5.95. The molecule has 0 amide bonds. The molecule has 1 unspecified atom stereocenters. The molecule has 15 heavy (non-hydrogen) atoms. The first-order valence-corrected chi connectivity index (χ1v) is 5.42. The lowest BCUT2D eigenvalue weighted by molar-refractivity contribution is 0.0852. The maximum absolute atomic E-state index is 5.70. The predicted octanol–water partition coefficient (Wildman–Crippen LogP) is 1.39. The molecule has 2 N–H and O–H groups in total. The quantitative estimate of drug-likeness (QED) is 0.796. The molecular weight excluding hydrogens is 190 g/mol. The standard InChI is InChI=1S/C11H17N3O/c1-8(12)11-13-6-10(7-14-11)9-2-4-15-5-3-9/h6-9H,2-5,12H2,1H3. The lowest BCUT2D eigenvalue weighted by atomic mass is 9.94. The fraction of sp³-hybridized carbons (Fsp3) is 0.636. The Labute approximate surface area is 89.9 Å². The minimum Gasteiger partial charge on any atom is -0.381 e. The highest BCUT2D eigenvalue weighted by Crippen LogP contribution is 2.25. The highest BCUT2D eigenvalue weighted by Gasteiger charge is 2.16. The second-order valence-corrected chi connectivity index (χ2v) is 4.05. The van der Waals surface area contributed by atoms with Gasteiger partial charge < -0.3 is 10.5 Å². The zero-order valence-electron chi connectivity index (χ0n) is 9.02. The smallest absolute Gasteiger partial charge is 0.144 e. The van der Waals surface area contributed by atoms with Crippen molar-refractivity contribution in [2.75, 3.05) is 13.2 Å². The van der Waals surface area contributed by atoms with E-state index in [0.717, 1.165) is 26.1 Å². The van der Waals surface area contributed by atoms with Crippen molar-refractivity contribution in [3.05, 3.63) is 23.8 Å². The second-order valence-electron chi connectivity index (χ2n) is 4.05. The molecule has 1 aliphatic rings. The van der Waals surface area contributed by atoms with Crippen LogP contribution in [-0.2, 0) is 4.74 Å². The van der Waals surface area contributed by atoms with E-state index in [9.17, 15) is 0 Å². The van der Waals surface area contributed by atoms with Gasteiger partial charge in [-0.05, 0) is 31.2 Å². The van der Waals surface area contributed by atoms with Crippen molar-refractivity contribution in [1.29, 1.82) is 0 Å². The summed E-state index contributed by atoms with van der Waals surface area (Å²) in [7, 11) is 0. The normalized spacial score (nSPS) is 20.1. The van der Waals surface area contributed by atoms with Gasteiger partial charge in [0.25, 0.3) is 0 Å². The van der Waals surface area contributed by atoms with E-state index in [1.807, 2.05) is 19.3 Å². The van der Waals surface area contributed by atoms with Crippen LogP contribution in [0.1, 0.15) is 43.1 Å². The molecule has 2 heterocycles. The summed E-state index contributed by atoms with van der Waals surface area (Å²) in [6.45, 7) is 3.59. The molecule has 0 radical (unpaired) electrons. The highest BCUT2D eigenvalue weighted by molar-refractivity contribution is 5.13. The average molecular weight is 207 g/mol. The van der Waals surface area contributed by atoms with Crippen molar-refractivity contribution in [2.45, 2.75) is 31.7 Å². The summed E-state index contributed by atoms with van der Waals surface area (Å²) in [5, 5.41) is 0.